The Kier molecular flexibility index (Phi) is 3.15. The third kappa shape index (κ3) is 4.43. The van der Waals surface area contributed by atoms with E-state index in [-0.39, 0.29) is 0 Å². The Hall–Kier alpha value is -0.0800. The summed E-state index contributed by atoms with van der Waals surface area (Å²) in [5.74, 6) is 0. The van der Waals surface area contributed by atoms with Crippen molar-refractivity contribution in [3.05, 3.63) is 0 Å². The molecule has 2 nitrogen and oxygen atoms in total. The molecule has 0 unspecified atom stereocenters. The second-order valence-electron chi connectivity index (χ2n) is 3.47. The number of hydrogen-bond donors (Lipinski definition) is 0. The van der Waals surface area contributed by atoms with Crippen LogP contribution in [0.25, 0.3) is 0 Å². The van der Waals surface area contributed by atoms with Crippen LogP contribution in [0.5, 0.6) is 0 Å². The van der Waals surface area contributed by atoms with Crippen molar-refractivity contribution in [2.45, 2.75) is 6.92 Å². The van der Waals surface area contributed by atoms with Gasteiger partial charge in [-0.2, -0.15) is 0 Å². The zero-order valence-corrected chi connectivity index (χ0v) is 7.31. The largest absolute Gasteiger partial charge is 0.316 e. The summed E-state index contributed by atoms with van der Waals surface area (Å²) in [6, 6.07) is 0. The first kappa shape index (κ1) is 8.92. The Morgan fingerprint density at radius 3 is 1.78 bits per heavy atom. The molecule has 0 aromatic carbocycles. The zero-order chi connectivity index (χ0) is 7.49. The van der Waals surface area contributed by atoms with Crippen LogP contribution < -0.4 is 0 Å². The molecule has 0 aliphatic heterocycles. The van der Waals surface area contributed by atoms with E-state index in [0.717, 1.165) is 11.2 Å². The van der Waals surface area contributed by atoms with Gasteiger partial charge in [0, 0.05) is 0 Å². The van der Waals surface area contributed by atoms with Crippen molar-refractivity contribution in [2.75, 3.05) is 41.4 Å². The molecule has 0 aliphatic rings. The van der Waals surface area contributed by atoms with Gasteiger partial charge in [0.25, 0.3) is 0 Å². The minimum absolute atomic E-state index is 1.08. The molecule has 9 heavy (non-hydrogen) atoms. The van der Waals surface area contributed by atoms with Crippen molar-refractivity contribution in [1.82, 2.24) is 4.90 Å². The molecule has 0 spiro atoms. The number of nitrogens with zero attached hydrogens (tertiary/aromatic N) is 2. The fourth-order valence-electron chi connectivity index (χ4n) is 0.866. The van der Waals surface area contributed by atoms with Gasteiger partial charge in [-0.3, -0.25) is 4.90 Å². The maximum atomic E-state index is 2.24. The van der Waals surface area contributed by atoms with Crippen molar-refractivity contribution in [3.8, 4) is 0 Å². The number of rotatable bonds is 3. The van der Waals surface area contributed by atoms with Gasteiger partial charge in [-0.05, 0) is 21.0 Å². The van der Waals surface area contributed by atoms with Crippen LogP contribution in [0.15, 0.2) is 0 Å². The van der Waals surface area contributed by atoms with Gasteiger partial charge in [-0.15, -0.1) is 0 Å². The summed E-state index contributed by atoms with van der Waals surface area (Å²) >= 11 is 0. The van der Waals surface area contributed by atoms with Gasteiger partial charge in [-0.25, -0.2) is 0 Å². The van der Waals surface area contributed by atoms with Crippen LogP contribution in [0.3, 0.4) is 0 Å². The first-order valence-corrected chi connectivity index (χ1v) is 3.44. The average molecular weight is 131 g/mol. The van der Waals surface area contributed by atoms with Crippen molar-refractivity contribution < 1.29 is 4.48 Å². The summed E-state index contributed by atoms with van der Waals surface area (Å²) in [7, 11) is 8.69. The zero-order valence-electron chi connectivity index (χ0n) is 7.31. The van der Waals surface area contributed by atoms with Gasteiger partial charge in [-0.1, -0.05) is 0 Å². The monoisotopic (exact) mass is 131 g/mol. The molecule has 0 aromatic rings. The minimum Gasteiger partial charge on any atom is -0.316 e. The highest BCUT2D eigenvalue weighted by Gasteiger charge is 2.11. The van der Waals surface area contributed by atoms with Crippen molar-refractivity contribution >= 4 is 0 Å². The summed E-state index contributed by atoms with van der Waals surface area (Å²) < 4.78 is 1.08. The summed E-state index contributed by atoms with van der Waals surface area (Å²) in [4.78, 5) is 2.21. The van der Waals surface area contributed by atoms with Gasteiger partial charge in [0.1, 0.15) is 6.67 Å². The standard InChI is InChI=1S/C7H19N2/c1-6-9(4,5)7-8(2)3/h6-7H2,1-5H3/q+1. The van der Waals surface area contributed by atoms with E-state index in [1.165, 1.54) is 6.54 Å². The van der Waals surface area contributed by atoms with E-state index in [0.29, 0.717) is 0 Å². The van der Waals surface area contributed by atoms with Crippen LogP contribution >= 0.6 is 0 Å². The van der Waals surface area contributed by atoms with E-state index in [4.69, 9.17) is 0 Å². The molecule has 56 valence electrons. The molecule has 0 bridgehead atoms. The van der Waals surface area contributed by atoms with Crippen molar-refractivity contribution in [1.29, 1.82) is 0 Å². The maximum Gasteiger partial charge on any atom is 0.134 e. The van der Waals surface area contributed by atoms with Gasteiger partial charge in [0.2, 0.25) is 0 Å². The molecule has 2 heteroatoms. The fourth-order valence-corrected chi connectivity index (χ4v) is 0.866. The fraction of sp³-hybridized carbons (Fsp3) is 1.00. The smallest absolute Gasteiger partial charge is 0.134 e. The molecule has 0 saturated carbocycles. The van der Waals surface area contributed by atoms with E-state index in [9.17, 15) is 0 Å². The Labute approximate surface area is 58.7 Å². The minimum atomic E-state index is 1.08. The second-order valence-corrected chi connectivity index (χ2v) is 3.47. The molecule has 0 aromatic heterocycles. The Morgan fingerprint density at radius 1 is 1.22 bits per heavy atom. The SMILES string of the molecule is CC[N+](C)(C)CN(C)C. The molecule has 0 aliphatic carbocycles. The first-order chi connectivity index (χ1) is 3.98. The Bertz CT molecular complexity index is 77.0. The summed E-state index contributed by atoms with van der Waals surface area (Å²) in [6.07, 6.45) is 0. The molecule has 0 rings (SSSR count). The highest BCUT2D eigenvalue weighted by Crippen LogP contribution is 1.95. The molecule has 0 saturated heterocycles. The van der Waals surface area contributed by atoms with Crippen LogP contribution in [0.1, 0.15) is 6.92 Å². The van der Waals surface area contributed by atoms with Gasteiger partial charge >= 0.3 is 0 Å². The molecular weight excluding hydrogens is 112 g/mol. The third-order valence-electron chi connectivity index (χ3n) is 1.52. The second kappa shape index (κ2) is 3.18. The van der Waals surface area contributed by atoms with E-state index in [2.05, 4.69) is 40.0 Å². The predicted molar refractivity (Wildman–Crippen MR) is 41.2 cm³/mol. The highest BCUT2D eigenvalue weighted by molar-refractivity contribution is 4.27. The lowest BCUT2D eigenvalue weighted by atomic mass is 10.5. The molecule has 0 fully saturated rings. The average Bonchev–Trinajstić information content (AvgIpc) is 1.63. The summed E-state index contributed by atoms with van der Waals surface area (Å²) in [5, 5.41) is 0. The molecular formula is C7H19N2+. The van der Waals surface area contributed by atoms with E-state index in [1.807, 2.05) is 0 Å². The lowest BCUT2D eigenvalue weighted by Gasteiger charge is -2.30. The topological polar surface area (TPSA) is 3.24 Å². The quantitative estimate of drug-likeness (QED) is 0.400. The van der Waals surface area contributed by atoms with E-state index >= 15 is 0 Å². The third-order valence-corrected chi connectivity index (χ3v) is 1.52. The van der Waals surface area contributed by atoms with Crippen LogP contribution in [0.4, 0.5) is 0 Å². The van der Waals surface area contributed by atoms with Gasteiger partial charge in [0.15, 0.2) is 0 Å². The van der Waals surface area contributed by atoms with Crippen LogP contribution in [0.2, 0.25) is 0 Å². The highest BCUT2D eigenvalue weighted by atomic mass is 15.4. The number of hydrogen-bond acceptors (Lipinski definition) is 1. The Morgan fingerprint density at radius 2 is 1.67 bits per heavy atom. The van der Waals surface area contributed by atoms with Gasteiger partial charge < -0.3 is 4.48 Å². The molecule has 0 N–H and O–H groups in total. The van der Waals surface area contributed by atoms with Gasteiger partial charge in [0.05, 0.1) is 20.6 Å². The molecule has 0 radical (unpaired) electrons. The lowest BCUT2D eigenvalue weighted by Crippen LogP contribution is -2.45. The lowest BCUT2D eigenvalue weighted by molar-refractivity contribution is -0.897. The predicted octanol–water partition coefficient (Wildman–Crippen LogP) is 0.602. The summed E-state index contributed by atoms with van der Waals surface area (Å²) in [5.41, 5.74) is 0. The van der Waals surface area contributed by atoms with E-state index in [1.54, 1.807) is 0 Å². The molecule has 0 amide bonds. The van der Waals surface area contributed by atoms with Crippen molar-refractivity contribution in [2.24, 2.45) is 0 Å². The molecule has 0 heterocycles. The van der Waals surface area contributed by atoms with Crippen LogP contribution in [-0.2, 0) is 0 Å². The normalized spacial score (nSPS) is 12.7. The molecule has 0 atom stereocenters. The first-order valence-electron chi connectivity index (χ1n) is 3.44. The van der Waals surface area contributed by atoms with Crippen LogP contribution in [-0.4, -0.2) is 50.8 Å². The van der Waals surface area contributed by atoms with E-state index < -0.39 is 0 Å². The van der Waals surface area contributed by atoms with Crippen LogP contribution in [0, 0.1) is 0 Å². The number of quaternary nitrogens is 1. The summed E-state index contributed by atoms with van der Waals surface area (Å²) in [6.45, 7) is 4.53. The van der Waals surface area contributed by atoms with Crippen molar-refractivity contribution in [3.63, 3.8) is 0 Å². The maximum absolute atomic E-state index is 2.24. The Balaban J connectivity index is 3.58.